The van der Waals surface area contributed by atoms with Gasteiger partial charge in [-0.2, -0.15) is 0 Å². The standard InChI is InChI=1S/C13H14N4O/c1-8(2)12-14-5-6-17(12)9-3-4-10-11(7-9)16-13(18)15-10/h3-8H,1-2H3,(H2,15,16,18). The van der Waals surface area contributed by atoms with E-state index in [1.807, 2.05) is 29.0 Å². The van der Waals surface area contributed by atoms with Crippen molar-refractivity contribution < 1.29 is 0 Å². The predicted octanol–water partition coefficient (Wildman–Crippen LogP) is 2.17. The van der Waals surface area contributed by atoms with Gasteiger partial charge in [0.05, 0.1) is 11.0 Å². The first kappa shape index (κ1) is 10.8. The van der Waals surface area contributed by atoms with Crippen LogP contribution in [0, 0.1) is 0 Å². The highest BCUT2D eigenvalue weighted by molar-refractivity contribution is 5.76. The van der Waals surface area contributed by atoms with Crippen molar-refractivity contribution in [1.29, 1.82) is 0 Å². The van der Waals surface area contributed by atoms with Crippen LogP contribution in [0.3, 0.4) is 0 Å². The molecule has 5 heteroatoms. The van der Waals surface area contributed by atoms with E-state index in [-0.39, 0.29) is 5.69 Å². The number of aromatic amines is 2. The molecule has 5 nitrogen and oxygen atoms in total. The van der Waals surface area contributed by atoms with E-state index < -0.39 is 0 Å². The largest absolute Gasteiger partial charge is 0.323 e. The minimum absolute atomic E-state index is 0.183. The Labute approximate surface area is 103 Å². The molecule has 0 saturated heterocycles. The molecule has 0 fully saturated rings. The maximum absolute atomic E-state index is 11.2. The summed E-state index contributed by atoms with van der Waals surface area (Å²) in [6, 6.07) is 5.81. The summed E-state index contributed by atoms with van der Waals surface area (Å²) >= 11 is 0. The van der Waals surface area contributed by atoms with Crippen molar-refractivity contribution in [3.63, 3.8) is 0 Å². The summed E-state index contributed by atoms with van der Waals surface area (Å²) in [5.74, 6) is 1.35. The van der Waals surface area contributed by atoms with Gasteiger partial charge in [-0.15, -0.1) is 0 Å². The summed E-state index contributed by atoms with van der Waals surface area (Å²) in [6.07, 6.45) is 3.72. The first-order valence-corrected chi connectivity index (χ1v) is 5.91. The van der Waals surface area contributed by atoms with E-state index in [1.165, 1.54) is 0 Å². The highest BCUT2D eigenvalue weighted by atomic mass is 16.1. The zero-order valence-electron chi connectivity index (χ0n) is 10.3. The monoisotopic (exact) mass is 242 g/mol. The Balaban J connectivity index is 2.18. The number of nitrogens with one attached hydrogen (secondary N) is 2. The average molecular weight is 242 g/mol. The van der Waals surface area contributed by atoms with Crippen LogP contribution in [0.2, 0.25) is 0 Å². The third-order valence-electron chi connectivity index (χ3n) is 2.96. The number of hydrogen-bond donors (Lipinski definition) is 2. The van der Waals surface area contributed by atoms with E-state index in [4.69, 9.17) is 0 Å². The first-order chi connectivity index (χ1) is 8.65. The number of imidazole rings is 2. The Bertz CT molecular complexity index is 748. The Morgan fingerprint density at radius 2 is 2.00 bits per heavy atom. The Kier molecular flexibility index (Phi) is 2.33. The van der Waals surface area contributed by atoms with E-state index in [0.717, 1.165) is 22.5 Å². The molecule has 3 rings (SSSR count). The lowest BCUT2D eigenvalue weighted by Crippen LogP contribution is -2.02. The minimum Gasteiger partial charge on any atom is -0.306 e. The van der Waals surface area contributed by atoms with Gasteiger partial charge < -0.3 is 14.5 Å². The van der Waals surface area contributed by atoms with Crippen LogP contribution >= 0.6 is 0 Å². The van der Waals surface area contributed by atoms with E-state index in [9.17, 15) is 4.79 Å². The Morgan fingerprint density at radius 3 is 2.78 bits per heavy atom. The van der Waals surface area contributed by atoms with E-state index in [0.29, 0.717) is 5.92 Å². The van der Waals surface area contributed by atoms with Crippen LogP contribution in [0.1, 0.15) is 25.6 Å². The Morgan fingerprint density at radius 1 is 1.22 bits per heavy atom. The summed E-state index contributed by atoms with van der Waals surface area (Å²) < 4.78 is 2.04. The number of fused-ring (bicyclic) bond motifs is 1. The smallest absolute Gasteiger partial charge is 0.306 e. The number of nitrogens with zero attached hydrogens (tertiary/aromatic N) is 2. The quantitative estimate of drug-likeness (QED) is 0.723. The molecule has 92 valence electrons. The van der Waals surface area contributed by atoms with Gasteiger partial charge in [-0.1, -0.05) is 13.8 Å². The number of aromatic nitrogens is 4. The zero-order valence-corrected chi connectivity index (χ0v) is 10.3. The van der Waals surface area contributed by atoms with Crippen LogP contribution in [-0.2, 0) is 0 Å². The highest BCUT2D eigenvalue weighted by Gasteiger charge is 2.09. The van der Waals surface area contributed by atoms with Crippen molar-refractivity contribution in [2.45, 2.75) is 19.8 Å². The predicted molar refractivity (Wildman–Crippen MR) is 70.1 cm³/mol. The fourth-order valence-electron chi connectivity index (χ4n) is 2.13. The van der Waals surface area contributed by atoms with Gasteiger partial charge in [0.25, 0.3) is 0 Å². The van der Waals surface area contributed by atoms with E-state index in [2.05, 4.69) is 28.8 Å². The first-order valence-electron chi connectivity index (χ1n) is 5.91. The molecule has 3 aromatic rings. The zero-order chi connectivity index (χ0) is 12.7. The maximum atomic E-state index is 11.2. The second kappa shape index (κ2) is 3.87. The molecule has 0 aliphatic carbocycles. The molecule has 0 amide bonds. The van der Waals surface area contributed by atoms with Crippen LogP contribution < -0.4 is 5.69 Å². The van der Waals surface area contributed by atoms with Crippen molar-refractivity contribution in [3.05, 3.63) is 46.9 Å². The lowest BCUT2D eigenvalue weighted by molar-refractivity contribution is 0.752. The molecule has 1 aromatic carbocycles. The van der Waals surface area contributed by atoms with Crippen molar-refractivity contribution in [3.8, 4) is 5.69 Å². The van der Waals surface area contributed by atoms with Crippen molar-refractivity contribution in [2.24, 2.45) is 0 Å². The second-order valence-corrected chi connectivity index (χ2v) is 4.62. The molecular formula is C13H14N4O. The fourth-order valence-corrected chi connectivity index (χ4v) is 2.13. The van der Waals surface area contributed by atoms with Crippen molar-refractivity contribution >= 4 is 11.0 Å². The molecule has 18 heavy (non-hydrogen) atoms. The molecular weight excluding hydrogens is 228 g/mol. The Hall–Kier alpha value is -2.30. The summed E-state index contributed by atoms with van der Waals surface area (Å²) in [4.78, 5) is 21.1. The maximum Gasteiger partial charge on any atom is 0.323 e. The lowest BCUT2D eigenvalue weighted by atomic mass is 10.2. The van der Waals surface area contributed by atoms with Crippen molar-refractivity contribution in [1.82, 2.24) is 19.5 Å². The molecule has 0 aliphatic rings. The molecule has 0 radical (unpaired) electrons. The average Bonchev–Trinajstić information content (AvgIpc) is 2.91. The topological polar surface area (TPSA) is 66.5 Å². The van der Waals surface area contributed by atoms with Gasteiger partial charge >= 0.3 is 5.69 Å². The molecule has 0 atom stereocenters. The molecule has 0 spiro atoms. The lowest BCUT2D eigenvalue weighted by Gasteiger charge is -2.10. The fraction of sp³-hybridized carbons (Fsp3) is 0.231. The molecule has 0 saturated carbocycles. The summed E-state index contributed by atoms with van der Waals surface area (Å²) in [5, 5.41) is 0. The summed E-state index contributed by atoms with van der Waals surface area (Å²) in [5.41, 5.74) is 2.44. The number of rotatable bonds is 2. The molecule has 2 aromatic heterocycles. The van der Waals surface area contributed by atoms with Gasteiger partial charge in [-0.05, 0) is 18.2 Å². The van der Waals surface area contributed by atoms with Gasteiger partial charge in [-0.25, -0.2) is 9.78 Å². The van der Waals surface area contributed by atoms with E-state index >= 15 is 0 Å². The van der Waals surface area contributed by atoms with Crippen LogP contribution in [0.5, 0.6) is 0 Å². The van der Waals surface area contributed by atoms with Gasteiger partial charge in [0.15, 0.2) is 0 Å². The van der Waals surface area contributed by atoms with Crippen LogP contribution in [0.15, 0.2) is 35.4 Å². The third-order valence-corrected chi connectivity index (χ3v) is 2.96. The number of benzene rings is 1. The summed E-state index contributed by atoms with van der Waals surface area (Å²) in [6.45, 7) is 4.21. The number of H-pyrrole nitrogens is 2. The van der Waals surface area contributed by atoms with Gasteiger partial charge in [0.2, 0.25) is 0 Å². The molecule has 2 heterocycles. The molecule has 0 bridgehead atoms. The molecule has 2 N–H and O–H groups in total. The van der Waals surface area contributed by atoms with Gasteiger partial charge in [-0.3, -0.25) is 0 Å². The van der Waals surface area contributed by atoms with Crippen molar-refractivity contribution in [2.75, 3.05) is 0 Å². The second-order valence-electron chi connectivity index (χ2n) is 4.62. The summed E-state index contributed by atoms with van der Waals surface area (Å²) in [7, 11) is 0. The van der Waals surface area contributed by atoms with Gasteiger partial charge in [0, 0.05) is 24.0 Å². The highest BCUT2D eigenvalue weighted by Crippen LogP contribution is 2.19. The number of hydrogen-bond acceptors (Lipinski definition) is 2. The SMILES string of the molecule is CC(C)c1nccn1-c1ccc2[nH]c(=O)[nH]c2c1. The minimum atomic E-state index is -0.183. The molecule has 0 aliphatic heterocycles. The van der Waals surface area contributed by atoms with Crippen LogP contribution in [0.25, 0.3) is 16.7 Å². The van der Waals surface area contributed by atoms with Gasteiger partial charge in [0.1, 0.15) is 5.82 Å². The van der Waals surface area contributed by atoms with Crippen LogP contribution in [0.4, 0.5) is 0 Å². The van der Waals surface area contributed by atoms with Crippen LogP contribution in [-0.4, -0.2) is 19.5 Å². The normalized spacial score (nSPS) is 11.5. The molecule has 0 unspecified atom stereocenters. The third kappa shape index (κ3) is 1.64. The van der Waals surface area contributed by atoms with E-state index in [1.54, 1.807) is 6.20 Å².